The van der Waals surface area contributed by atoms with Gasteiger partial charge in [-0.3, -0.25) is 9.59 Å². The predicted octanol–water partition coefficient (Wildman–Crippen LogP) is 2.18. The number of para-hydroxylation sites is 1. The first-order valence-corrected chi connectivity index (χ1v) is 8.32. The van der Waals surface area contributed by atoms with Crippen molar-refractivity contribution >= 4 is 29.9 Å². The summed E-state index contributed by atoms with van der Waals surface area (Å²) in [7, 11) is 0. The minimum atomic E-state index is -0.844. The van der Waals surface area contributed by atoms with Crippen LogP contribution >= 0.6 is 12.4 Å². The second-order valence-corrected chi connectivity index (χ2v) is 6.21. The van der Waals surface area contributed by atoms with Crippen molar-refractivity contribution in [2.24, 2.45) is 5.73 Å². The van der Waals surface area contributed by atoms with Crippen LogP contribution in [0.2, 0.25) is 0 Å². The Morgan fingerprint density at radius 1 is 1.15 bits per heavy atom. The van der Waals surface area contributed by atoms with Crippen LogP contribution in [-0.2, 0) is 16.0 Å². The van der Waals surface area contributed by atoms with E-state index in [2.05, 4.69) is 5.32 Å². The molecule has 1 aliphatic rings. The van der Waals surface area contributed by atoms with Gasteiger partial charge in [-0.05, 0) is 30.5 Å². The van der Waals surface area contributed by atoms with Gasteiger partial charge < -0.3 is 16.0 Å². The molecule has 0 spiro atoms. The van der Waals surface area contributed by atoms with Crippen molar-refractivity contribution in [3.8, 4) is 0 Å². The van der Waals surface area contributed by atoms with Gasteiger partial charge in [0.15, 0.2) is 0 Å². The fourth-order valence-electron chi connectivity index (χ4n) is 3.02. The third-order valence-electron chi connectivity index (χ3n) is 4.36. The second kappa shape index (κ2) is 8.92. The van der Waals surface area contributed by atoms with E-state index >= 15 is 0 Å². The van der Waals surface area contributed by atoms with Crippen LogP contribution in [-0.4, -0.2) is 30.4 Å². The second-order valence-electron chi connectivity index (χ2n) is 6.21. The van der Waals surface area contributed by atoms with Crippen molar-refractivity contribution in [2.75, 3.05) is 11.4 Å². The highest BCUT2D eigenvalue weighted by molar-refractivity contribution is 6.01. The summed E-state index contributed by atoms with van der Waals surface area (Å²) in [5.74, 6) is -2.64. The average Bonchev–Trinajstić information content (AvgIpc) is 2.96. The Morgan fingerprint density at radius 3 is 2.41 bits per heavy atom. The lowest BCUT2D eigenvalue weighted by atomic mass is 10.1. The SMILES string of the molecule is Cl.N[C@@H](Cc1ccccc1)C(=O)NC1CCN(c2c(F)cccc2F)C1=O. The van der Waals surface area contributed by atoms with Crippen molar-refractivity contribution in [3.05, 3.63) is 65.7 Å². The van der Waals surface area contributed by atoms with E-state index in [9.17, 15) is 18.4 Å². The lowest BCUT2D eigenvalue weighted by Gasteiger charge is -2.19. The summed E-state index contributed by atoms with van der Waals surface area (Å²) in [4.78, 5) is 25.8. The normalized spacial score (nSPS) is 17.4. The van der Waals surface area contributed by atoms with Gasteiger partial charge in [-0.1, -0.05) is 36.4 Å². The minimum Gasteiger partial charge on any atom is -0.343 e. The number of nitrogens with two attached hydrogens (primary N) is 1. The molecule has 0 aliphatic carbocycles. The first kappa shape index (κ1) is 20.8. The highest BCUT2D eigenvalue weighted by Gasteiger charge is 2.36. The van der Waals surface area contributed by atoms with Crippen LogP contribution in [0.3, 0.4) is 0 Å². The number of carbonyl (C=O) groups excluding carboxylic acids is 2. The summed E-state index contributed by atoms with van der Waals surface area (Å²) in [6.45, 7) is 0.121. The quantitative estimate of drug-likeness (QED) is 0.814. The van der Waals surface area contributed by atoms with Crippen LogP contribution in [0, 0.1) is 11.6 Å². The minimum absolute atomic E-state index is 0. The Balaban J connectivity index is 0.00000261. The molecule has 0 bridgehead atoms. The van der Waals surface area contributed by atoms with E-state index < -0.39 is 35.5 Å². The van der Waals surface area contributed by atoms with Gasteiger partial charge in [-0.2, -0.15) is 0 Å². The summed E-state index contributed by atoms with van der Waals surface area (Å²) in [6.07, 6.45) is 0.593. The Hall–Kier alpha value is -2.51. The van der Waals surface area contributed by atoms with E-state index in [4.69, 9.17) is 5.73 Å². The number of nitrogens with one attached hydrogen (secondary N) is 1. The Bertz CT molecular complexity index is 800. The largest absolute Gasteiger partial charge is 0.343 e. The lowest BCUT2D eigenvalue weighted by molar-refractivity contribution is -0.127. The Kier molecular flexibility index (Phi) is 6.87. The van der Waals surface area contributed by atoms with Gasteiger partial charge in [0.05, 0.1) is 6.04 Å². The number of amides is 2. The molecule has 2 amide bonds. The Labute approximate surface area is 161 Å². The van der Waals surface area contributed by atoms with Gasteiger partial charge >= 0.3 is 0 Å². The van der Waals surface area contributed by atoms with Gasteiger partial charge in [0.25, 0.3) is 0 Å². The van der Waals surface area contributed by atoms with Crippen LogP contribution < -0.4 is 16.0 Å². The molecule has 8 heteroatoms. The third-order valence-corrected chi connectivity index (χ3v) is 4.36. The van der Waals surface area contributed by atoms with Crippen LogP contribution in [0.4, 0.5) is 14.5 Å². The van der Waals surface area contributed by atoms with Crippen molar-refractivity contribution < 1.29 is 18.4 Å². The van der Waals surface area contributed by atoms with E-state index in [1.165, 1.54) is 6.07 Å². The maximum absolute atomic E-state index is 13.9. The van der Waals surface area contributed by atoms with Gasteiger partial charge in [0, 0.05) is 6.54 Å². The molecule has 27 heavy (non-hydrogen) atoms. The van der Waals surface area contributed by atoms with E-state index in [1.54, 1.807) is 0 Å². The van der Waals surface area contributed by atoms with Gasteiger partial charge in [0.2, 0.25) is 11.8 Å². The smallest absolute Gasteiger partial charge is 0.249 e. The van der Waals surface area contributed by atoms with Gasteiger partial charge in [-0.25, -0.2) is 8.78 Å². The highest BCUT2D eigenvalue weighted by atomic mass is 35.5. The molecule has 0 aromatic heterocycles. The number of benzene rings is 2. The van der Waals surface area contributed by atoms with E-state index in [0.717, 1.165) is 22.6 Å². The molecular formula is C19H20ClF2N3O2. The molecule has 2 aromatic carbocycles. The number of halogens is 3. The van der Waals surface area contributed by atoms with Crippen molar-refractivity contribution in [2.45, 2.75) is 24.9 Å². The monoisotopic (exact) mass is 395 g/mol. The maximum Gasteiger partial charge on any atom is 0.249 e. The first-order valence-electron chi connectivity index (χ1n) is 8.32. The fourth-order valence-corrected chi connectivity index (χ4v) is 3.02. The summed E-state index contributed by atoms with van der Waals surface area (Å²) in [6, 6.07) is 11.0. The standard InChI is InChI=1S/C19H19F2N3O2.ClH/c20-13-7-4-8-14(21)17(13)24-10-9-16(19(24)26)23-18(25)15(22)11-12-5-2-1-3-6-12;/h1-8,15-16H,9-11,22H2,(H,23,25);1H/t15-,16?;/m0./s1. The molecular weight excluding hydrogens is 376 g/mol. The molecule has 5 nitrogen and oxygen atoms in total. The number of hydrogen-bond acceptors (Lipinski definition) is 3. The molecule has 3 N–H and O–H groups in total. The van der Waals surface area contributed by atoms with Gasteiger partial charge in [-0.15, -0.1) is 12.4 Å². The molecule has 1 fully saturated rings. The van der Waals surface area contributed by atoms with Crippen molar-refractivity contribution in [3.63, 3.8) is 0 Å². The zero-order valence-electron chi connectivity index (χ0n) is 14.4. The molecule has 3 rings (SSSR count). The Morgan fingerprint density at radius 2 is 1.78 bits per heavy atom. The summed E-state index contributed by atoms with van der Waals surface area (Å²) in [5, 5.41) is 2.59. The van der Waals surface area contributed by atoms with E-state index in [-0.39, 0.29) is 31.1 Å². The number of anilines is 1. The molecule has 2 atom stereocenters. The molecule has 0 radical (unpaired) electrons. The zero-order valence-corrected chi connectivity index (χ0v) is 15.2. The number of rotatable bonds is 5. The first-order chi connectivity index (χ1) is 12.5. The zero-order chi connectivity index (χ0) is 18.7. The highest BCUT2D eigenvalue weighted by Crippen LogP contribution is 2.27. The fraction of sp³-hybridized carbons (Fsp3) is 0.263. The van der Waals surface area contributed by atoms with Crippen LogP contribution in [0.25, 0.3) is 0 Å². The number of carbonyl (C=O) groups is 2. The average molecular weight is 396 g/mol. The lowest BCUT2D eigenvalue weighted by Crippen LogP contribution is -2.49. The van der Waals surface area contributed by atoms with E-state index in [1.807, 2.05) is 30.3 Å². The summed E-state index contributed by atoms with van der Waals surface area (Å²) < 4.78 is 27.8. The molecule has 1 aliphatic heterocycles. The number of hydrogen-bond donors (Lipinski definition) is 2. The van der Waals surface area contributed by atoms with E-state index in [0.29, 0.717) is 6.42 Å². The van der Waals surface area contributed by atoms with Crippen molar-refractivity contribution in [1.82, 2.24) is 5.32 Å². The molecule has 1 saturated heterocycles. The topological polar surface area (TPSA) is 75.4 Å². The maximum atomic E-state index is 13.9. The van der Waals surface area contributed by atoms with Gasteiger partial charge in [0.1, 0.15) is 23.4 Å². The van der Waals surface area contributed by atoms with Crippen LogP contribution in [0.15, 0.2) is 48.5 Å². The molecule has 1 heterocycles. The van der Waals surface area contributed by atoms with Crippen molar-refractivity contribution in [1.29, 1.82) is 0 Å². The summed E-state index contributed by atoms with van der Waals surface area (Å²) in [5.41, 5.74) is 6.43. The third kappa shape index (κ3) is 4.61. The molecule has 2 aromatic rings. The number of nitrogens with zero attached hydrogens (tertiary/aromatic N) is 1. The summed E-state index contributed by atoms with van der Waals surface area (Å²) >= 11 is 0. The molecule has 1 unspecified atom stereocenters. The molecule has 144 valence electrons. The molecule has 0 saturated carbocycles. The van der Waals surface area contributed by atoms with Crippen LogP contribution in [0.1, 0.15) is 12.0 Å². The predicted molar refractivity (Wildman–Crippen MR) is 101 cm³/mol. The van der Waals surface area contributed by atoms with Crippen LogP contribution in [0.5, 0.6) is 0 Å².